The van der Waals surface area contributed by atoms with Gasteiger partial charge in [-0.05, 0) is 37.2 Å². The first-order valence-electron chi connectivity index (χ1n) is 7.22. The molecule has 1 saturated carbocycles. The Labute approximate surface area is 121 Å². The van der Waals surface area contributed by atoms with Crippen molar-refractivity contribution in [2.45, 2.75) is 38.0 Å². The largest absolute Gasteiger partial charge is 0.384 e. The molecule has 1 aliphatic rings. The first kappa shape index (κ1) is 15.3. The predicted octanol–water partition coefficient (Wildman–Crippen LogP) is 2.23. The molecule has 0 aromatic carbocycles. The van der Waals surface area contributed by atoms with E-state index in [1.807, 2.05) is 6.92 Å². The van der Waals surface area contributed by atoms with Gasteiger partial charge in [-0.15, -0.1) is 0 Å². The Morgan fingerprint density at radius 3 is 2.85 bits per heavy atom. The van der Waals surface area contributed by atoms with Crippen LogP contribution in [0.2, 0.25) is 0 Å². The van der Waals surface area contributed by atoms with Crippen LogP contribution in [0.15, 0.2) is 23.4 Å². The van der Waals surface area contributed by atoms with Gasteiger partial charge < -0.3 is 5.32 Å². The zero-order valence-electron chi connectivity index (χ0n) is 12.1. The van der Waals surface area contributed by atoms with Crippen LogP contribution in [0.4, 0.5) is 5.69 Å². The summed E-state index contributed by atoms with van der Waals surface area (Å²) >= 11 is 0. The molecule has 5 nitrogen and oxygen atoms in total. The van der Waals surface area contributed by atoms with E-state index in [1.165, 1.54) is 19.0 Å². The maximum Gasteiger partial charge on any atom is 0.244 e. The third-order valence-corrected chi connectivity index (χ3v) is 5.11. The Morgan fingerprint density at radius 1 is 1.45 bits per heavy atom. The summed E-state index contributed by atoms with van der Waals surface area (Å²) in [6.45, 7) is 5.37. The lowest BCUT2D eigenvalue weighted by Gasteiger charge is -2.14. The van der Waals surface area contributed by atoms with Crippen molar-refractivity contribution in [3.8, 4) is 0 Å². The smallest absolute Gasteiger partial charge is 0.244 e. The normalized spacial score (nSPS) is 16.9. The van der Waals surface area contributed by atoms with Gasteiger partial charge in [0, 0.05) is 25.5 Å². The Balaban J connectivity index is 2.07. The van der Waals surface area contributed by atoms with Crippen LogP contribution < -0.4 is 10.0 Å². The summed E-state index contributed by atoms with van der Waals surface area (Å²) in [6, 6.07) is 1.70. The molecule has 1 atom stereocenters. The van der Waals surface area contributed by atoms with E-state index in [2.05, 4.69) is 21.9 Å². The molecule has 0 bridgehead atoms. The summed E-state index contributed by atoms with van der Waals surface area (Å²) in [4.78, 5) is 4.17. The summed E-state index contributed by atoms with van der Waals surface area (Å²) in [5.41, 5.74) is 0.619. The number of pyridine rings is 1. The number of aromatic nitrogens is 1. The topological polar surface area (TPSA) is 71.1 Å². The van der Waals surface area contributed by atoms with Gasteiger partial charge in [-0.2, -0.15) is 0 Å². The first-order valence-corrected chi connectivity index (χ1v) is 8.70. The number of hydrogen-bond donors (Lipinski definition) is 2. The minimum absolute atomic E-state index is 0.233. The number of sulfonamides is 1. The minimum Gasteiger partial charge on any atom is -0.384 e. The van der Waals surface area contributed by atoms with E-state index in [0.29, 0.717) is 24.1 Å². The van der Waals surface area contributed by atoms with E-state index in [-0.39, 0.29) is 4.90 Å². The van der Waals surface area contributed by atoms with Crippen molar-refractivity contribution < 1.29 is 8.42 Å². The van der Waals surface area contributed by atoms with Gasteiger partial charge >= 0.3 is 0 Å². The van der Waals surface area contributed by atoms with Gasteiger partial charge in [0.05, 0.1) is 5.69 Å². The number of anilines is 1. The lowest BCUT2D eigenvalue weighted by atomic mass is 10.1. The van der Waals surface area contributed by atoms with E-state index in [4.69, 9.17) is 0 Å². The van der Waals surface area contributed by atoms with Gasteiger partial charge in [-0.25, -0.2) is 13.1 Å². The second-order valence-electron chi connectivity index (χ2n) is 5.47. The number of rotatable bonds is 8. The van der Waals surface area contributed by atoms with Crippen LogP contribution in [0.1, 0.15) is 33.1 Å². The Hall–Kier alpha value is -1.14. The highest BCUT2D eigenvalue weighted by Crippen LogP contribution is 2.36. The second-order valence-corrected chi connectivity index (χ2v) is 7.20. The average Bonchev–Trinajstić information content (AvgIpc) is 3.27. The molecule has 1 aromatic rings. The van der Waals surface area contributed by atoms with Gasteiger partial charge in [0.25, 0.3) is 0 Å². The monoisotopic (exact) mass is 297 g/mol. The van der Waals surface area contributed by atoms with Crippen molar-refractivity contribution in [1.82, 2.24) is 9.71 Å². The SMILES string of the molecule is CCCNc1ccncc1S(=O)(=O)NCC(C)C1CC1. The summed E-state index contributed by atoms with van der Waals surface area (Å²) < 4.78 is 27.5. The molecule has 1 aromatic heterocycles. The molecule has 0 aliphatic heterocycles. The molecule has 20 heavy (non-hydrogen) atoms. The molecule has 1 heterocycles. The van der Waals surface area contributed by atoms with E-state index in [9.17, 15) is 8.42 Å². The molecule has 1 unspecified atom stereocenters. The standard InChI is InChI=1S/C14H23N3O2S/c1-3-7-16-13-6-8-15-10-14(13)20(18,19)17-9-11(2)12-4-5-12/h6,8,10-12,17H,3-5,7,9H2,1-2H3,(H,15,16). The Morgan fingerprint density at radius 2 is 2.20 bits per heavy atom. The van der Waals surface area contributed by atoms with Gasteiger partial charge in [0.15, 0.2) is 0 Å². The molecule has 112 valence electrons. The highest BCUT2D eigenvalue weighted by molar-refractivity contribution is 7.89. The minimum atomic E-state index is -3.50. The molecule has 0 saturated heterocycles. The number of hydrogen-bond acceptors (Lipinski definition) is 4. The van der Waals surface area contributed by atoms with E-state index in [0.717, 1.165) is 13.0 Å². The average molecular weight is 297 g/mol. The molecule has 1 aliphatic carbocycles. The van der Waals surface area contributed by atoms with Crippen LogP contribution in [0, 0.1) is 11.8 Å². The van der Waals surface area contributed by atoms with Crippen molar-refractivity contribution in [3.05, 3.63) is 18.5 Å². The molecule has 2 rings (SSSR count). The molecule has 0 radical (unpaired) electrons. The van der Waals surface area contributed by atoms with Crippen molar-refractivity contribution >= 4 is 15.7 Å². The lowest BCUT2D eigenvalue weighted by Crippen LogP contribution is -2.29. The third-order valence-electron chi connectivity index (χ3n) is 3.66. The summed E-state index contributed by atoms with van der Waals surface area (Å²) in [5.74, 6) is 1.08. The zero-order valence-corrected chi connectivity index (χ0v) is 12.9. The van der Waals surface area contributed by atoms with Gasteiger partial charge in [0.1, 0.15) is 4.90 Å². The quantitative estimate of drug-likeness (QED) is 0.772. The number of nitrogens with zero attached hydrogens (tertiary/aromatic N) is 1. The lowest BCUT2D eigenvalue weighted by molar-refractivity contribution is 0.492. The third kappa shape index (κ3) is 3.93. The summed E-state index contributed by atoms with van der Waals surface area (Å²) in [7, 11) is -3.50. The van der Waals surface area contributed by atoms with Gasteiger partial charge in [0.2, 0.25) is 10.0 Å². The Bertz CT molecular complexity index is 541. The summed E-state index contributed by atoms with van der Waals surface area (Å²) in [5, 5.41) is 3.13. The van der Waals surface area contributed by atoms with Crippen molar-refractivity contribution in [2.24, 2.45) is 11.8 Å². The molecular formula is C14H23N3O2S. The zero-order chi connectivity index (χ0) is 14.6. The fraction of sp³-hybridized carbons (Fsp3) is 0.643. The van der Waals surface area contributed by atoms with Crippen LogP contribution in [0.3, 0.4) is 0 Å². The maximum absolute atomic E-state index is 12.4. The fourth-order valence-corrected chi connectivity index (χ4v) is 3.42. The van der Waals surface area contributed by atoms with E-state index in [1.54, 1.807) is 12.3 Å². The molecular weight excluding hydrogens is 274 g/mol. The molecule has 0 spiro atoms. The molecule has 2 N–H and O–H groups in total. The van der Waals surface area contributed by atoms with E-state index < -0.39 is 10.0 Å². The highest BCUT2D eigenvalue weighted by atomic mass is 32.2. The van der Waals surface area contributed by atoms with Crippen LogP contribution in [-0.4, -0.2) is 26.5 Å². The van der Waals surface area contributed by atoms with Crippen LogP contribution in [-0.2, 0) is 10.0 Å². The van der Waals surface area contributed by atoms with Crippen molar-refractivity contribution in [1.29, 1.82) is 0 Å². The molecule has 0 amide bonds. The van der Waals surface area contributed by atoms with Gasteiger partial charge in [-0.1, -0.05) is 13.8 Å². The van der Waals surface area contributed by atoms with Crippen molar-refractivity contribution in [2.75, 3.05) is 18.4 Å². The fourth-order valence-electron chi connectivity index (χ4n) is 2.15. The molecule has 6 heteroatoms. The van der Waals surface area contributed by atoms with Crippen LogP contribution >= 0.6 is 0 Å². The van der Waals surface area contributed by atoms with Crippen LogP contribution in [0.5, 0.6) is 0 Å². The van der Waals surface area contributed by atoms with Crippen molar-refractivity contribution in [3.63, 3.8) is 0 Å². The predicted molar refractivity (Wildman–Crippen MR) is 80.1 cm³/mol. The number of nitrogens with one attached hydrogen (secondary N) is 2. The highest BCUT2D eigenvalue weighted by Gasteiger charge is 2.29. The Kier molecular flexibility index (Phi) is 4.99. The van der Waals surface area contributed by atoms with E-state index >= 15 is 0 Å². The summed E-state index contributed by atoms with van der Waals surface area (Å²) in [6.07, 6.45) is 6.39. The first-order chi connectivity index (χ1) is 9.54. The molecule has 1 fully saturated rings. The van der Waals surface area contributed by atoms with Gasteiger partial charge in [-0.3, -0.25) is 4.98 Å². The second kappa shape index (κ2) is 6.54. The van der Waals surface area contributed by atoms with Crippen LogP contribution in [0.25, 0.3) is 0 Å². The maximum atomic E-state index is 12.4.